The van der Waals surface area contributed by atoms with Gasteiger partial charge in [0, 0.05) is 6.20 Å². The van der Waals surface area contributed by atoms with Crippen molar-refractivity contribution in [3.05, 3.63) is 54.1 Å². The Labute approximate surface area is 119 Å². The van der Waals surface area contributed by atoms with E-state index in [2.05, 4.69) is 10.3 Å². The Bertz CT molecular complexity index is 676. The first-order valence-electron chi connectivity index (χ1n) is 5.92. The fourth-order valence-corrected chi connectivity index (χ4v) is 1.51. The molecule has 0 bridgehead atoms. The third-order valence-corrected chi connectivity index (χ3v) is 2.48. The number of hydrogen-bond donors (Lipinski definition) is 2. The van der Waals surface area contributed by atoms with Crippen LogP contribution in [0.4, 0.5) is 10.1 Å². The Morgan fingerprint density at radius 2 is 2.05 bits per heavy atom. The van der Waals surface area contributed by atoms with Crippen LogP contribution < -0.4 is 10.1 Å². The second-order valence-electron chi connectivity index (χ2n) is 4.03. The van der Waals surface area contributed by atoms with E-state index in [1.807, 2.05) is 0 Å². The smallest absolute Gasteiger partial charge is 0.337 e. The molecule has 1 aromatic heterocycles. The Morgan fingerprint density at radius 1 is 1.29 bits per heavy atom. The van der Waals surface area contributed by atoms with Gasteiger partial charge in [0.1, 0.15) is 11.6 Å². The quantitative estimate of drug-likeness (QED) is 0.878. The zero-order valence-corrected chi connectivity index (χ0v) is 10.7. The molecule has 1 aromatic carbocycles. The van der Waals surface area contributed by atoms with E-state index in [4.69, 9.17) is 9.84 Å². The standard InChI is InChI=1S/C14H11FN2O4/c15-11-3-1-2-4-12(11)17-13(18)8-21-10-5-9(14(19)20)6-16-7-10/h1-7H,8H2,(H,17,18)(H,19,20). The van der Waals surface area contributed by atoms with Gasteiger partial charge in [-0.1, -0.05) is 12.1 Å². The molecule has 0 radical (unpaired) electrons. The number of para-hydroxylation sites is 1. The van der Waals surface area contributed by atoms with E-state index >= 15 is 0 Å². The molecule has 21 heavy (non-hydrogen) atoms. The molecule has 0 saturated carbocycles. The third kappa shape index (κ3) is 4.00. The van der Waals surface area contributed by atoms with Crippen LogP contribution >= 0.6 is 0 Å². The van der Waals surface area contributed by atoms with Gasteiger partial charge in [0.05, 0.1) is 17.4 Å². The molecule has 2 N–H and O–H groups in total. The van der Waals surface area contributed by atoms with Crippen LogP contribution in [-0.2, 0) is 4.79 Å². The van der Waals surface area contributed by atoms with E-state index in [9.17, 15) is 14.0 Å². The maximum absolute atomic E-state index is 13.3. The van der Waals surface area contributed by atoms with E-state index in [-0.39, 0.29) is 23.6 Å². The van der Waals surface area contributed by atoms with Crippen molar-refractivity contribution in [2.75, 3.05) is 11.9 Å². The Balaban J connectivity index is 1.94. The number of carbonyl (C=O) groups is 2. The van der Waals surface area contributed by atoms with Crippen molar-refractivity contribution in [2.45, 2.75) is 0 Å². The number of anilines is 1. The molecule has 2 aromatic rings. The molecule has 0 atom stereocenters. The van der Waals surface area contributed by atoms with Gasteiger partial charge in [-0.3, -0.25) is 9.78 Å². The molecule has 0 saturated heterocycles. The molecule has 0 aliphatic heterocycles. The molecule has 0 fully saturated rings. The molecule has 6 nitrogen and oxygen atoms in total. The van der Waals surface area contributed by atoms with Crippen molar-refractivity contribution in [2.24, 2.45) is 0 Å². The van der Waals surface area contributed by atoms with Gasteiger partial charge in [0.15, 0.2) is 6.61 Å². The van der Waals surface area contributed by atoms with Crippen LogP contribution in [0.5, 0.6) is 5.75 Å². The number of hydrogen-bond acceptors (Lipinski definition) is 4. The van der Waals surface area contributed by atoms with Crippen LogP contribution in [0.3, 0.4) is 0 Å². The maximum atomic E-state index is 13.3. The largest absolute Gasteiger partial charge is 0.482 e. The van der Waals surface area contributed by atoms with E-state index in [1.165, 1.54) is 30.5 Å². The number of carboxylic acid groups (broad SMARTS) is 1. The van der Waals surface area contributed by atoms with Crippen LogP contribution in [0.25, 0.3) is 0 Å². The first kappa shape index (κ1) is 14.4. The monoisotopic (exact) mass is 290 g/mol. The van der Waals surface area contributed by atoms with Gasteiger partial charge in [-0.05, 0) is 18.2 Å². The lowest BCUT2D eigenvalue weighted by molar-refractivity contribution is -0.118. The number of amides is 1. The number of halogens is 1. The fraction of sp³-hybridized carbons (Fsp3) is 0.0714. The molecule has 0 unspecified atom stereocenters. The summed E-state index contributed by atoms with van der Waals surface area (Å²) in [7, 11) is 0. The van der Waals surface area contributed by atoms with Crippen LogP contribution in [0, 0.1) is 5.82 Å². The lowest BCUT2D eigenvalue weighted by atomic mass is 10.3. The van der Waals surface area contributed by atoms with E-state index in [1.54, 1.807) is 6.07 Å². The minimum atomic E-state index is -1.15. The SMILES string of the molecule is O=C(COc1cncc(C(=O)O)c1)Nc1ccccc1F. The number of carbonyl (C=O) groups excluding carboxylic acids is 1. The zero-order valence-electron chi connectivity index (χ0n) is 10.7. The normalized spacial score (nSPS) is 9.95. The lowest BCUT2D eigenvalue weighted by Gasteiger charge is -2.08. The molecule has 0 aliphatic carbocycles. The molecular formula is C14H11FN2O4. The molecule has 7 heteroatoms. The van der Waals surface area contributed by atoms with Crippen LogP contribution in [0.1, 0.15) is 10.4 Å². The van der Waals surface area contributed by atoms with E-state index in [0.717, 1.165) is 6.20 Å². The summed E-state index contributed by atoms with van der Waals surface area (Å²) in [5, 5.41) is 11.1. The summed E-state index contributed by atoms with van der Waals surface area (Å²) < 4.78 is 18.4. The molecule has 2 rings (SSSR count). The zero-order chi connectivity index (χ0) is 15.2. The van der Waals surface area contributed by atoms with Crippen molar-refractivity contribution in [1.82, 2.24) is 4.98 Å². The topological polar surface area (TPSA) is 88.5 Å². The predicted molar refractivity (Wildman–Crippen MR) is 71.7 cm³/mol. The summed E-state index contributed by atoms with van der Waals surface area (Å²) in [5.41, 5.74) is -0.00877. The highest BCUT2D eigenvalue weighted by Gasteiger charge is 2.09. The van der Waals surface area contributed by atoms with Crippen LogP contribution in [0.2, 0.25) is 0 Å². The number of nitrogens with zero attached hydrogens (tertiary/aromatic N) is 1. The number of nitrogens with one attached hydrogen (secondary N) is 1. The number of benzene rings is 1. The minimum absolute atomic E-state index is 0.0449. The number of rotatable bonds is 5. The summed E-state index contributed by atoms with van der Waals surface area (Å²) in [5.74, 6) is -2.14. The van der Waals surface area contributed by atoms with Crippen molar-refractivity contribution >= 4 is 17.6 Å². The second kappa shape index (κ2) is 6.47. The highest BCUT2D eigenvalue weighted by atomic mass is 19.1. The summed E-state index contributed by atoms with van der Waals surface area (Å²) in [4.78, 5) is 26.1. The lowest BCUT2D eigenvalue weighted by Crippen LogP contribution is -2.20. The van der Waals surface area contributed by atoms with Crippen molar-refractivity contribution in [1.29, 1.82) is 0 Å². The van der Waals surface area contributed by atoms with Crippen molar-refractivity contribution in [3.8, 4) is 5.75 Å². The molecular weight excluding hydrogens is 279 g/mol. The van der Waals surface area contributed by atoms with E-state index in [0.29, 0.717) is 0 Å². The molecule has 1 heterocycles. The average Bonchev–Trinajstić information content (AvgIpc) is 2.48. The first-order chi connectivity index (χ1) is 10.1. The minimum Gasteiger partial charge on any atom is -0.482 e. The second-order valence-corrected chi connectivity index (χ2v) is 4.03. The van der Waals surface area contributed by atoms with Crippen LogP contribution in [0.15, 0.2) is 42.7 Å². The van der Waals surface area contributed by atoms with Crippen molar-refractivity contribution < 1.29 is 23.8 Å². The van der Waals surface area contributed by atoms with Crippen molar-refractivity contribution in [3.63, 3.8) is 0 Å². The van der Waals surface area contributed by atoms with Gasteiger partial charge in [0.2, 0.25) is 0 Å². The Morgan fingerprint density at radius 3 is 2.76 bits per heavy atom. The summed E-state index contributed by atoms with van der Waals surface area (Å²) in [6.07, 6.45) is 2.44. The Kier molecular flexibility index (Phi) is 4.45. The summed E-state index contributed by atoms with van der Waals surface area (Å²) in [6.45, 7) is -0.390. The molecule has 1 amide bonds. The van der Waals surface area contributed by atoms with Gasteiger partial charge in [-0.15, -0.1) is 0 Å². The fourth-order valence-electron chi connectivity index (χ4n) is 1.51. The molecule has 0 aliphatic rings. The van der Waals surface area contributed by atoms with Gasteiger partial charge >= 0.3 is 5.97 Å². The highest BCUT2D eigenvalue weighted by molar-refractivity contribution is 5.92. The third-order valence-electron chi connectivity index (χ3n) is 2.48. The van der Waals surface area contributed by atoms with Gasteiger partial charge in [-0.2, -0.15) is 0 Å². The summed E-state index contributed by atoms with van der Waals surface area (Å²) >= 11 is 0. The maximum Gasteiger partial charge on any atom is 0.337 e. The summed E-state index contributed by atoms with van der Waals surface area (Å²) in [6, 6.07) is 6.96. The number of aromatic nitrogens is 1. The first-order valence-corrected chi connectivity index (χ1v) is 5.92. The Hall–Kier alpha value is -2.96. The molecule has 0 spiro atoms. The number of ether oxygens (including phenoxy) is 1. The van der Waals surface area contributed by atoms with Gasteiger partial charge < -0.3 is 15.2 Å². The number of pyridine rings is 1. The van der Waals surface area contributed by atoms with E-state index < -0.39 is 17.7 Å². The predicted octanol–water partition coefficient (Wildman–Crippen LogP) is 1.94. The number of carboxylic acids is 1. The van der Waals surface area contributed by atoms with Crippen LogP contribution in [-0.4, -0.2) is 28.6 Å². The molecule has 108 valence electrons. The number of aromatic carboxylic acids is 1. The average molecular weight is 290 g/mol. The van der Waals surface area contributed by atoms with Gasteiger partial charge in [-0.25, -0.2) is 9.18 Å². The van der Waals surface area contributed by atoms with Gasteiger partial charge in [0.25, 0.3) is 5.91 Å². The highest BCUT2D eigenvalue weighted by Crippen LogP contribution is 2.13.